The van der Waals surface area contributed by atoms with Gasteiger partial charge in [-0.05, 0) is 17.7 Å². The van der Waals surface area contributed by atoms with Gasteiger partial charge in [0.25, 0.3) is 0 Å². The highest BCUT2D eigenvalue weighted by Gasteiger charge is 2.07. The molecule has 0 fully saturated rings. The SMILES string of the molecule is ClCCc1nnc(Cc2ccc(Cl)c(Cl)c2)o1. The molecule has 1 heterocycles. The second kappa shape index (κ2) is 5.71. The fraction of sp³-hybridized carbons (Fsp3) is 0.273. The van der Waals surface area contributed by atoms with Crippen LogP contribution in [-0.4, -0.2) is 16.1 Å². The molecule has 0 radical (unpaired) electrons. The van der Waals surface area contributed by atoms with Gasteiger partial charge in [0.15, 0.2) is 0 Å². The number of benzene rings is 1. The van der Waals surface area contributed by atoms with Crippen LogP contribution in [0.1, 0.15) is 17.3 Å². The lowest BCUT2D eigenvalue weighted by molar-refractivity contribution is 0.463. The van der Waals surface area contributed by atoms with Gasteiger partial charge in [0, 0.05) is 12.3 Å². The largest absolute Gasteiger partial charge is 0.425 e. The molecule has 0 N–H and O–H groups in total. The van der Waals surface area contributed by atoms with Crippen LogP contribution in [0.15, 0.2) is 22.6 Å². The van der Waals surface area contributed by atoms with Gasteiger partial charge < -0.3 is 4.42 Å². The molecule has 1 aromatic carbocycles. The molecular weight excluding hydrogens is 282 g/mol. The minimum Gasteiger partial charge on any atom is -0.425 e. The van der Waals surface area contributed by atoms with Gasteiger partial charge in [-0.3, -0.25) is 0 Å². The highest BCUT2D eigenvalue weighted by Crippen LogP contribution is 2.23. The fourth-order valence-corrected chi connectivity index (χ4v) is 1.85. The number of halogens is 3. The smallest absolute Gasteiger partial charge is 0.220 e. The molecular formula is C11H9Cl3N2O. The first-order valence-corrected chi connectivity index (χ1v) is 6.29. The number of nitrogens with zero attached hydrogens (tertiary/aromatic N) is 2. The van der Waals surface area contributed by atoms with Gasteiger partial charge in [-0.15, -0.1) is 21.8 Å². The second-order valence-corrected chi connectivity index (χ2v) is 4.65. The summed E-state index contributed by atoms with van der Waals surface area (Å²) in [6.07, 6.45) is 1.11. The number of hydrogen-bond acceptors (Lipinski definition) is 3. The van der Waals surface area contributed by atoms with Crippen molar-refractivity contribution in [3.63, 3.8) is 0 Å². The minimum absolute atomic E-state index is 0.467. The number of rotatable bonds is 4. The van der Waals surface area contributed by atoms with E-state index in [1.807, 2.05) is 6.07 Å². The van der Waals surface area contributed by atoms with E-state index in [9.17, 15) is 0 Å². The zero-order valence-electron chi connectivity index (χ0n) is 8.79. The van der Waals surface area contributed by atoms with Gasteiger partial charge >= 0.3 is 0 Å². The molecule has 0 atom stereocenters. The number of hydrogen-bond donors (Lipinski definition) is 0. The van der Waals surface area contributed by atoms with Crippen LogP contribution in [-0.2, 0) is 12.8 Å². The van der Waals surface area contributed by atoms with Gasteiger partial charge in [-0.25, -0.2) is 0 Å². The van der Waals surface area contributed by atoms with Crippen LogP contribution >= 0.6 is 34.8 Å². The Morgan fingerprint density at radius 1 is 1.06 bits per heavy atom. The van der Waals surface area contributed by atoms with Crippen molar-refractivity contribution in [2.75, 3.05) is 5.88 Å². The van der Waals surface area contributed by atoms with Crippen LogP contribution in [0.3, 0.4) is 0 Å². The van der Waals surface area contributed by atoms with Gasteiger partial charge in [-0.1, -0.05) is 29.3 Å². The van der Waals surface area contributed by atoms with Crippen molar-refractivity contribution in [2.24, 2.45) is 0 Å². The van der Waals surface area contributed by atoms with Gasteiger partial charge in [0.1, 0.15) is 0 Å². The monoisotopic (exact) mass is 290 g/mol. The Kier molecular flexibility index (Phi) is 4.26. The van der Waals surface area contributed by atoms with E-state index in [0.29, 0.717) is 40.5 Å². The third-order valence-corrected chi connectivity index (χ3v) is 3.08. The Hall–Kier alpha value is -0.770. The highest BCUT2D eigenvalue weighted by atomic mass is 35.5. The summed E-state index contributed by atoms with van der Waals surface area (Å²) in [5.41, 5.74) is 0.973. The van der Waals surface area contributed by atoms with Crippen LogP contribution < -0.4 is 0 Å². The van der Waals surface area contributed by atoms with Crippen LogP contribution in [0, 0.1) is 0 Å². The summed E-state index contributed by atoms with van der Waals surface area (Å²) < 4.78 is 5.42. The molecule has 0 aliphatic heterocycles. The molecule has 0 aliphatic rings. The van der Waals surface area contributed by atoms with Crippen molar-refractivity contribution < 1.29 is 4.42 Å². The van der Waals surface area contributed by atoms with Crippen LogP contribution in [0.4, 0.5) is 0 Å². The first-order chi connectivity index (χ1) is 8.19. The Bertz CT molecular complexity index is 513. The molecule has 0 saturated heterocycles. The minimum atomic E-state index is 0.467. The molecule has 2 aromatic rings. The summed E-state index contributed by atoms with van der Waals surface area (Å²) in [5.74, 6) is 1.56. The highest BCUT2D eigenvalue weighted by molar-refractivity contribution is 6.42. The maximum Gasteiger partial charge on any atom is 0.220 e. The van der Waals surface area contributed by atoms with E-state index in [1.54, 1.807) is 12.1 Å². The Labute approximate surface area is 114 Å². The summed E-state index contributed by atoms with van der Waals surface area (Å²) in [7, 11) is 0. The lowest BCUT2D eigenvalue weighted by atomic mass is 10.1. The van der Waals surface area contributed by atoms with Crippen LogP contribution in [0.25, 0.3) is 0 Å². The summed E-state index contributed by atoms with van der Waals surface area (Å²) in [4.78, 5) is 0. The molecule has 0 saturated carbocycles. The van der Waals surface area contributed by atoms with Gasteiger partial charge in [0.2, 0.25) is 11.8 Å². The molecule has 2 rings (SSSR count). The summed E-state index contributed by atoms with van der Waals surface area (Å²) in [5, 5.41) is 8.86. The fourth-order valence-electron chi connectivity index (χ4n) is 1.37. The third-order valence-electron chi connectivity index (χ3n) is 2.16. The van der Waals surface area contributed by atoms with Crippen molar-refractivity contribution in [3.05, 3.63) is 45.6 Å². The predicted molar refractivity (Wildman–Crippen MR) is 68.0 cm³/mol. The maximum absolute atomic E-state index is 5.92. The molecule has 3 nitrogen and oxygen atoms in total. The number of alkyl halides is 1. The van der Waals surface area contributed by atoms with Crippen molar-refractivity contribution >= 4 is 34.8 Å². The van der Waals surface area contributed by atoms with E-state index in [2.05, 4.69) is 10.2 Å². The van der Waals surface area contributed by atoms with Crippen LogP contribution in [0.2, 0.25) is 10.0 Å². The lowest BCUT2D eigenvalue weighted by Gasteiger charge is -1.99. The molecule has 17 heavy (non-hydrogen) atoms. The Balaban J connectivity index is 2.11. The van der Waals surface area contributed by atoms with E-state index >= 15 is 0 Å². The average Bonchev–Trinajstić information content (AvgIpc) is 2.72. The number of aromatic nitrogens is 2. The zero-order valence-corrected chi connectivity index (χ0v) is 11.1. The van der Waals surface area contributed by atoms with Crippen molar-refractivity contribution in [1.29, 1.82) is 0 Å². The molecule has 0 unspecified atom stereocenters. The van der Waals surface area contributed by atoms with E-state index in [-0.39, 0.29) is 0 Å². The second-order valence-electron chi connectivity index (χ2n) is 3.45. The molecule has 0 amide bonds. The molecule has 6 heteroatoms. The van der Waals surface area contributed by atoms with Crippen molar-refractivity contribution in [1.82, 2.24) is 10.2 Å². The van der Waals surface area contributed by atoms with Crippen molar-refractivity contribution in [2.45, 2.75) is 12.8 Å². The number of aryl methyl sites for hydroxylation is 1. The quantitative estimate of drug-likeness (QED) is 0.805. The first kappa shape index (κ1) is 12.7. The lowest BCUT2D eigenvalue weighted by Crippen LogP contribution is -1.88. The predicted octanol–water partition coefficient (Wildman–Crippen LogP) is 3.75. The van der Waals surface area contributed by atoms with Gasteiger partial charge in [0.05, 0.1) is 16.5 Å². The molecule has 90 valence electrons. The Morgan fingerprint density at radius 3 is 2.53 bits per heavy atom. The first-order valence-electron chi connectivity index (χ1n) is 5.00. The van der Waals surface area contributed by atoms with Crippen LogP contribution in [0.5, 0.6) is 0 Å². The summed E-state index contributed by atoms with van der Waals surface area (Å²) in [6.45, 7) is 0. The summed E-state index contributed by atoms with van der Waals surface area (Å²) >= 11 is 17.3. The average molecular weight is 292 g/mol. The molecule has 0 aliphatic carbocycles. The van der Waals surface area contributed by atoms with E-state index in [0.717, 1.165) is 5.56 Å². The molecule has 1 aromatic heterocycles. The van der Waals surface area contributed by atoms with E-state index < -0.39 is 0 Å². The zero-order chi connectivity index (χ0) is 12.3. The molecule has 0 bridgehead atoms. The van der Waals surface area contributed by atoms with E-state index in [1.165, 1.54) is 0 Å². The molecule has 0 spiro atoms. The summed E-state index contributed by atoms with van der Waals surface area (Å²) in [6, 6.07) is 5.41. The maximum atomic E-state index is 5.92. The van der Waals surface area contributed by atoms with Gasteiger partial charge in [-0.2, -0.15) is 0 Å². The van der Waals surface area contributed by atoms with Crippen molar-refractivity contribution in [3.8, 4) is 0 Å². The topological polar surface area (TPSA) is 38.9 Å². The Morgan fingerprint density at radius 2 is 1.82 bits per heavy atom. The van der Waals surface area contributed by atoms with E-state index in [4.69, 9.17) is 39.2 Å². The normalized spacial score (nSPS) is 10.8. The standard InChI is InChI=1S/C11H9Cl3N2O/c12-4-3-10-15-16-11(17-10)6-7-1-2-8(13)9(14)5-7/h1-2,5H,3-4,6H2. The third kappa shape index (κ3) is 3.35.